The highest BCUT2D eigenvalue weighted by atomic mass is 35.5. The number of halogens is 2. The Labute approximate surface area is 116 Å². The van der Waals surface area contributed by atoms with Crippen molar-refractivity contribution < 1.29 is 14.2 Å². The minimum absolute atomic E-state index is 0.373. The molecule has 0 saturated carbocycles. The van der Waals surface area contributed by atoms with Crippen molar-refractivity contribution in [2.45, 2.75) is 13.0 Å². The first-order valence-electron chi connectivity index (χ1n) is 5.80. The summed E-state index contributed by atoms with van der Waals surface area (Å²) in [5.74, 6) is 0.101. The zero-order valence-electron chi connectivity index (χ0n) is 10.7. The summed E-state index contributed by atoms with van der Waals surface area (Å²) in [4.78, 5) is 0. The molecular formula is C15H14ClFO2. The summed E-state index contributed by atoms with van der Waals surface area (Å²) >= 11 is 5.88. The van der Waals surface area contributed by atoms with Crippen molar-refractivity contribution in [3.8, 4) is 5.75 Å². The minimum atomic E-state index is -0.957. The van der Waals surface area contributed by atoms with Crippen LogP contribution in [0.1, 0.15) is 22.8 Å². The van der Waals surface area contributed by atoms with Crippen LogP contribution in [-0.2, 0) is 0 Å². The van der Waals surface area contributed by atoms with Crippen molar-refractivity contribution in [1.29, 1.82) is 0 Å². The van der Waals surface area contributed by atoms with E-state index in [1.807, 2.05) is 0 Å². The lowest BCUT2D eigenvalue weighted by molar-refractivity contribution is 0.214. The van der Waals surface area contributed by atoms with Gasteiger partial charge in [0.2, 0.25) is 0 Å². The molecule has 1 unspecified atom stereocenters. The first kappa shape index (κ1) is 13.8. The van der Waals surface area contributed by atoms with Gasteiger partial charge in [-0.05, 0) is 42.3 Å². The van der Waals surface area contributed by atoms with E-state index < -0.39 is 6.10 Å². The lowest BCUT2D eigenvalue weighted by Gasteiger charge is -2.16. The van der Waals surface area contributed by atoms with Gasteiger partial charge in [0, 0.05) is 10.6 Å². The van der Waals surface area contributed by atoms with Crippen molar-refractivity contribution in [1.82, 2.24) is 0 Å². The first-order valence-corrected chi connectivity index (χ1v) is 6.17. The molecule has 0 aromatic heterocycles. The van der Waals surface area contributed by atoms with Gasteiger partial charge in [-0.15, -0.1) is 0 Å². The molecule has 19 heavy (non-hydrogen) atoms. The van der Waals surface area contributed by atoms with Crippen LogP contribution in [0.4, 0.5) is 4.39 Å². The smallest absolute Gasteiger partial charge is 0.126 e. The van der Waals surface area contributed by atoms with Crippen LogP contribution < -0.4 is 4.74 Å². The predicted octanol–water partition coefficient (Wildman–Crippen LogP) is 3.88. The Balaban J connectivity index is 2.46. The summed E-state index contributed by atoms with van der Waals surface area (Å²) in [6, 6.07) is 9.41. The molecule has 2 aromatic carbocycles. The Hall–Kier alpha value is -1.58. The maximum Gasteiger partial charge on any atom is 0.126 e. The lowest BCUT2D eigenvalue weighted by atomic mass is 9.99. The minimum Gasteiger partial charge on any atom is -0.496 e. The fourth-order valence-corrected chi connectivity index (χ4v) is 2.18. The molecule has 0 bridgehead atoms. The Morgan fingerprint density at radius 3 is 2.58 bits per heavy atom. The maximum absolute atomic E-state index is 13.4. The summed E-state index contributed by atoms with van der Waals surface area (Å²) in [6.07, 6.45) is -0.957. The molecule has 100 valence electrons. The third-order valence-corrected chi connectivity index (χ3v) is 3.11. The van der Waals surface area contributed by atoms with Gasteiger partial charge >= 0.3 is 0 Å². The lowest BCUT2D eigenvalue weighted by Crippen LogP contribution is -2.03. The second-order valence-electron chi connectivity index (χ2n) is 4.35. The monoisotopic (exact) mass is 280 g/mol. The van der Waals surface area contributed by atoms with Gasteiger partial charge in [-0.3, -0.25) is 0 Å². The molecule has 4 heteroatoms. The summed E-state index contributed by atoms with van der Waals surface area (Å²) < 4.78 is 18.6. The third kappa shape index (κ3) is 3.06. The number of aliphatic hydroxyl groups excluding tert-OH is 1. The second-order valence-corrected chi connectivity index (χ2v) is 4.79. The highest BCUT2D eigenvalue weighted by Gasteiger charge is 2.16. The molecule has 0 aliphatic heterocycles. The van der Waals surface area contributed by atoms with Gasteiger partial charge in [0.25, 0.3) is 0 Å². The van der Waals surface area contributed by atoms with Crippen LogP contribution >= 0.6 is 11.6 Å². The predicted molar refractivity (Wildman–Crippen MR) is 73.2 cm³/mol. The van der Waals surface area contributed by atoms with E-state index in [9.17, 15) is 9.50 Å². The van der Waals surface area contributed by atoms with E-state index in [1.54, 1.807) is 31.2 Å². The molecule has 0 fully saturated rings. The highest BCUT2D eigenvalue weighted by Crippen LogP contribution is 2.32. The quantitative estimate of drug-likeness (QED) is 0.924. The van der Waals surface area contributed by atoms with E-state index in [0.29, 0.717) is 21.9 Å². The number of ether oxygens (including phenoxy) is 1. The summed E-state index contributed by atoms with van der Waals surface area (Å²) in [6.45, 7) is 1.78. The van der Waals surface area contributed by atoms with Gasteiger partial charge in [0.15, 0.2) is 0 Å². The third-order valence-electron chi connectivity index (χ3n) is 2.87. The molecule has 2 nitrogen and oxygen atoms in total. The molecule has 0 heterocycles. The standard InChI is InChI=1S/C15H14ClFO2/c1-9-5-10(7-12(17)6-9)15(18)13-4-3-11(16)8-14(13)19-2/h3-8,15,18H,1-2H3. The van der Waals surface area contributed by atoms with Crippen LogP contribution in [0.2, 0.25) is 5.02 Å². The van der Waals surface area contributed by atoms with Gasteiger partial charge < -0.3 is 9.84 Å². The van der Waals surface area contributed by atoms with E-state index in [0.717, 1.165) is 5.56 Å². The summed E-state index contributed by atoms with van der Waals surface area (Å²) in [7, 11) is 1.50. The van der Waals surface area contributed by atoms with Crippen molar-refractivity contribution in [3.63, 3.8) is 0 Å². The van der Waals surface area contributed by atoms with Gasteiger partial charge in [-0.2, -0.15) is 0 Å². The van der Waals surface area contributed by atoms with Crippen LogP contribution in [0.25, 0.3) is 0 Å². The van der Waals surface area contributed by atoms with Gasteiger partial charge in [-0.1, -0.05) is 23.7 Å². The Kier molecular flexibility index (Phi) is 4.08. The van der Waals surface area contributed by atoms with Crippen LogP contribution in [-0.4, -0.2) is 12.2 Å². The number of hydrogen-bond donors (Lipinski definition) is 1. The van der Waals surface area contributed by atoms with E-state index in [2.05, 4.69) is 0 Å². The first-order chi connectivity index (χ1) is 9.01. The zero-order valence-corrected chi connectivity index (χ0v) is 11.4. The Morgan fingerprint density at radius 2 is 1.95 bits per heavy atom. The fourth-order valence-electron chi connectivity index (χ4n) is 2.01. The van der Waals surface area contributed by atoms with Crippen molar-refractivity contribution in [3.05, 3.63) is 63.9 Å². The largest absolute Gasteiger partial charge is 0.496 e. The Morgan fingerprint density at radius 1 is 1.21 bits per heavy atom. The van der Waals surface area contributed by atoms with Crippen LogP contribution in [0.3, 0.4) is 0 Å². The van der Waals surface area contributed by atoms with Crippen LogP contribution in [0.15, 0.2) is 36.4 Å². The van der Waals surface area contributed by atoms with Gasteiger partial charge in [0.1, 0.15) is 17.7 Å². The van der Waals surface area contributed by atoms with E-state index in [1.165, 1.54) is 19.2 Å². The van der Waals surface area contributed by atoms with Crippen molar-refractivity contribution in [2.24, 2.45) is 0 Å². The number of methoxy groups -OCH3 is 1. The molecule has 0 radical (unpaired) electrons. The average molecular weight is 281 g/mol. The van der Waals surface area contributed by atoms with E-state index in [4.69, 9.17) is 16.3 Å². The number of aryl methyl sites for hydroxylation is 1. The molecule has 2 rings (SSSR count). The van der Waals surface area contributed by atoms with Crippen molar-refractivity contribution >= 4 is 11.6 Å². The topological polar surface area (TPSA) is 29.5 Å². The zero-order chi connectivity index (χ0) is 14.0. The molecule has 0 saturated heterocycles. The molecule has 1 atom stereocenters. The second kappa shape index (κ2) is 5.59. The molecule has 1 N–H and O–H groups in total. The van der Waals surface area contributed by atoms with Crippen molar-refractivity contribution in [2.75, 3.05) is 7.11 Å². The molecular weight excluding hydrogens is 267 g/mol. The Bertz CT molecular complexity index is 578. The molecule has 0 aliphatic carbocycles. The van der Waals surface area contributed by atoms with Crippen LogP contribution in [0, 0.1) is 12.7 Å². The molecule has 0 aliphatic rings. The number of hydrogen-bond acceptors (Lipinski definition) is 2. The number of rotatable bonds is 3. The number of aliphatic hydroxyl groups is 1. The molecule has 0 spiro atoms. The maximum atomic E-state index is 13.4. The summed E-state index contributed by atoms with van der Waals surface area (Å²) in [5, 5.41) is 10.9. The highest BCUT2D eigenvalue weighted by molar-refractivity contribution is 6.30. The number of benzene rings is 2. The van der Waals surface area contributed by atoms with E-state index in [-0.39, 0.29) is 5.82 Å². The van der Waals surface area contributed by atoms with Crippen LogP contribution in [0.5, 0.6) is 5.75 Å². The normalized spacial score (nSPS) is 12.3. The van der Waals surface area contributed by atoms with Gasteiger partial charge in [-0.25, -0.2) is 4.39 Å². The SMILES string of the molecule is COc1cc(Cl)ccc1C(O)c1cc(C)cc(F)c1. The fraction of sp³-hybridized carbons (Fsp3) is 0.200. The van der Waals surface area contributed by atoms with Gasteiger partial charge in [0.05, 0.1) is 7.11 Å². The van der Waals surface area contributed by atoms with E-state index >= 15 is 0 Å². The molecule has 0 amide bonds. The molecule has 2 aromatic rings. The average Bonchev–Trinajstić information content (AvgIpc) is 2.36. The summed E-state index contributed by atoms with van der Waals surface area (Å²) in [5.41, 5.74) is 1.79.